The standard InChI is InChI=1S/C30H33F3N2O2/c1-28(23-8-4-2-5-9-23,24-10-6-3-7-11-24)17-16-27(34-22-36)35-20-18-29(37,19-21-35)25-12-14-26(15-13-25)30(31,32)33/h2-15,22,27,37H,16-21H2,1H3,(H,34,36). The lowest BCUT2D eigenvalue weighted by Gasteiger charge is -2.42. The van der Waals surface area contributed by atoms with Crippen LogP contribution < -0.4 is 5.32 Å². The number of alkyl halides is 3. The fourth-order valence-electron chi connectivity index (χ4n) is 5.41. The molecule has 1 fully saturated rings. The molecule has 1 saturated heterocycles. The lowest BCUT2D eigenvalue weighted by molar-refractivity contribution is -0.137. The zero-order valence-electron chi connectivity index (χ0n) is 20.9. The molecule has 1 unspecified atom stereocenters. The Bertz CT molecular complexity index is 1100. The summed E-state index contributed by atoms with van der Waals surface area (Å²) in [7, 11) is 0. The molecule has 3 aromatic rings. The minimum Gasteiger partial charge on any atom is -0.385 e. The molecule has 196 valence electrons. The quantitative estimate of drug-likeness (QED) is 0.355. The van der Waals surface area contributed by atoms with Gasteiger partial charge in [-0.3, -0.25) is 9.69 Å². The predicted molar refractivity (Wildman–Crippen MR) is 138 cm³/mol. The summed E-state index contributed by atoms with van der Waals surface area (Å²) in [5.41, 5.74) is 0.688. The minimum absolute atomic E-state index is 0.221. The van der Waals surface area contributed by atoms with Crippen LogP contribution in [0.2, 0.25) is 0 Å². The first-order valence-corrected chi connectivity index (χ1v) is 12.6. The molecule has 1 aliphatic rings. The number of rotatable bonds is 9. The number of hydrogen-bond donors (Lipinski definition) is 2. The fourth-order valence-corrected chi connectivity index (χ4v) is 5.41. The number of halogens is 3. The summed E-state index contributed by atoms with van der Waals surface area (Å²) in [4.78, 5) is 13.6. The Morgan fingerprint density at radius 3 is 1.86 bits per heavy atom. The van der Waals surface area contributed by atoms with Gasteiger partial charge in [-0.2, -0.15) is 13.2 Å². The highest BCUT2D eigenvalue weighted by molar-refractivity contribution is 5.46. The highest BCUT2D eigenvalue weighted by Gasteiger charge is 2.38. The molecule has 0 spiro atoms. The first-order valence-electron chi connectivity index (χ1n) is 12.6. The molecule has 0 radical (unpaired) electrons. The van der Waals surface area contributed by atoms with Gasteiger partial charge in [0.2, 0.25) is 6.41 Å². The van der Waals surface area contributed by atoms with Crippen molar-refractivity contribution in [3.8, 4) is 0 Å². The third-order valence-electron chi connectivity index (χ3n) is 7.82. The molecule has 3 aromatic carbocycles. The van der Waals surface area contributed by atoms with Crippen molar-refractivity contribution < 1.29 is 23.1 Å². The summed E-state index contributed by atoms with van der Waals surface area (Å²) in [5, 5.41) is 14.2. The average molecular weight is 511 g/mol. The Labute approximate surface area is 216 Å². The van der Waals surface area contributed by atoms with E-state index < -0.39 is 17.3 Å². The number of piperidine rings is 1. The second-order valence-electron chi connectivity index (χ2n) is 10.0. The lowest BCUT2D eigenvalue weighted by atomic mass is 9.72. The molecule has 0 aliphatic carbocycles. The summed E-state index contributed by atoms with van der Waals surface area (Å²) in [6.07, 6.45) is -1.71. The summed E-state index contributed by atoms with van der Waals surface area (Å²) >= 11 is 0. The van der Waals surface area contributed by atoms with Crippen LogP contribution in [0.25, 0.3) is 0 Å². The van der Waals surface area contributed by atoms with Gasteiger partial charge < -0.3 is 10.4 Å². The first kappa shape index (κ1) is 26.9. The molecule has 37 heavy (non-hydrogen) atoms. The molecule has 0 aromatic heterocycles. The van der Waals surface area contributed by atoms with Gasteiger partial charge in [0, 0.05) is 18.5 Å². The summed E-state index contributed by atoms with van der Waals surface area (Å²) < 4.78 is 38.8. The van der Waals surface area contributed by atoms with Gasteiger partial charge in [0.15, 0.2) is 0 Å². The number of carbonyl (C=O) groups excluding carboxylic acids is 1. The molecule has 1 heterocycles. The summed E-state index contributed by atoms with van der Waals surface area (Å²) in [6.45, 7) is 3.24. The molecule has 1 amide bonds. The van der Waals surface area contributed by atoms with Crippen LogP contribution in [0.3, 0.4) is 0 Å². The van der Waals surface area contributed by atoms with Crippen molar-refractivity contribution >= 4 is 6.41 Å². The van der Waals surface area contributed by atoms with Crippen LogP contribution in [0.1, 0.15) is 54.9 Å². The van der Waals surface area contributed by atoms with Gasteiger partial charge in [-0.25, -0.2) is 0 Å². The third-order valence-corrected chi connectivity index (χ3v) is 7.82. The maximum absolute atomic E-state index is 12.9. The Balaban J connectivity index is 1.47. The average Bonchev–Trinajstić information content (AvgIpc) is 2.92. The van der Waals surface area contributed by atoms with Crippen molar-refractivity contribution in [3.05, 3.63) is 107 Å². The van der Waals surface area contributed by atoms with Crippen LogP contribution in [0.4, 0.5) is 13.2 Å². The van der Waals surface area contributed by atoms with Crippen molar-refractivity contribution in [2.24, 2.45) is 0 Å². The van der Waals surface area contributed by atoms with Crippen molar-refractivity contribution in [3.63, 3.8) is 0 Å². The highest BCUT2D eigenvalue weighted by Crippen LogP contribution is 2.39. The maximum Gasteiger partial charge on any atom is 0.416 e. The molecule has 2 N–H and O–H groups in total. The maximum atomic E-state index is 12.9. The van der Waals surface area contributed by atoms with Gasteiger partial charge in [-0.1, -0.05) is 79.7 Å². The van der Waals surface area contributed by atoms with E-state index in [-0.39, 0.29) is 11.6 Å². The molecule has 7 heteroatoms. The van der Waals surface area contributed by atoms with E-state index in [1.54, 1.807) is 0 Å². The number of nitrogens with zero attached hydrogens (tertiary/aromatic N) is 1. The number of nitrogens with one attached hydrogen (secondary N) is 1. The van der Waals surface area contributed by atoms with E-state index in [1.807, 2.05) is 36.4 Å². The molecule has 0 saturated carbocycles. The zero-order chi connectivity index (χ0) is 26.5. The van der Waals surface area contributed by atoms with Gasteiger partial charge in [0.1, 0.15) is 0 Å². The van der Waals surface area contributed by atoms with Crippen LogP contribution in [-0.4, -0.2) is 35.7 Å². The van der Waals surface area contributed by atoms with Crippen molar-refractivity contribution in [2.45, 2.75) is 56.0 Å². The smallest absolute Gasteiger partial charge is 0.385 e. The lowest BCUT2D eigenvalue weighted by Crippen LogP contribution is -2.52. The topological polar surface area (TPSA) is 52.6 Å². The highest BCUT2D eigenvalue weighted by atomic mass is 19.4. The number of carbonyl (C=O) groups is 1. The van der Waals surface area contributed by atoms with E-state index in [0.29, 0.717) is 44.3 Å². The van der Waals surface area contributed by atoms with Crippen LogP contribution in [0.5, 0.6) is 0 Å². The molecular weight excluding hydrogens is 477 g/mol. The zero-order valence-corrected chi connectivity index (χ0v) is 20.9. The van der Waals surface area contributed by atoms with Crippen molar-refractivity contribution in [2.75, 3.05) is 13.1 Å². The summed E-state index contributed by atoms with van der Waals surface area (Å²) in [5.74, 6) is 0. The van der Waals surface area contributed by atoms with Gasteiger partial charge in [0.25, 0.3) is 0 Å². The minimum atomic E-state index is -4.41. The van der Waals surface area contributed by atoms with E-state index in [4.69, 9.17) is 0 Å². The monoisotopic (exact) mass is 510 g/mol. The SMILES string of the molecule is CC(CCC(NC=O)N1CCC(O)(c2ccc(C(F)(F)F)cc2)CC1)(c1ccccc1)c1ccccc1. The van der Waals surface area contributed by atoms with E-state index in [9.17, 15) is 23.1 Å². The van der Waals surface area contributed by atoms with Gasteiger partial charge in [-0.05, 0) is 54.5 Å². The number of likely N-dealkylation sites (tertiary alicyclic amines) is 1. The molecule has 0 bridgehead atoms. The van der Waals surface area contributed by atoms with Crippen molar-refractivity contribution in [1.82, 2.24) is 10.2 Å². The molecular formula is C30H33F3N2O2. The number of aliphatic hydroxyl groups is 1. The first-order chi connectivity index (χ1) is 17.7. The number of amides is 1. The van der Waals surface area contributed by atoms with Crippen LogP contribution >= 0.6 is 0 Å². The number of benzene rings is 3. The van der Waals surface area contributed by atoms with E-state index in [1.165, 1.54) is 23.3 Å². The normalized spacial score (nSPS) is 17.2. The van der Waals surface area contributed by atoms with Crippen LogP contribution in [-0.2, 0) is 22.0 Å². The van der Waals surface area contributed by atoms with E-state index in [0.717, 1.165) is 18.6 Å². The Morgan fingerprint density at radius 1 is 0.892 bits per heavy atom. The molecule has 1 aliphatic heterocycles. The van der Waals surface area contributed by atoms with E-state index >= 15 is 0 Å². The summed E-state index contributed by atoms with van der Waals surface area (Å²) in [6, 6.07) is 25.4. The Kier molecular flexibility index (Phi) is 8.05. The van der Waals surface area contributed by atoms with Crippen molar-refractivity contribution in [1.29, 1.82) is 0 Å². The third kappa shape index (κ3) is 6.05. The molecule has 1 atom stereocenters. The van der Waals surface area contributed by atoms with Gasteiger partial charge >= 0.3 is 6.18 Å². The Morgan fingerprint density at radius 2 is 1.41 bits per heavy atom. The van der Waals surface area contributed by atoms with Gasteiger partial charge in [0.05, 0.1) is 17.3 Å². The van der Waals surface area contributed by atoms with Gasteiger partial charge in [-0.15, -0.1) is 0 Å². The second kappa shape index (κ2) is 11.1. The molecule has 4 nitrogen and oxygen atoms in total. The Hall–Kier alpha value is -3.16. The molecule has 4 rings (SSSR count). The fraction of sp³-hybridized carbons (Fsp3) is 0.367. The van der Waals surface area contributed by atoms with Crippen LogP contribution in [0.15, 0.2) is 84.9 Å². The van der Waals surface area contributed by atoms with E-state index in [2.05, 4.69) is 41.4 Å². The largest absolute Gasteiger partial charge is 0.416 e. The predicted octanol–water partition coefficient (Wildman–Crippen LogP) is 5.85. The second-order valence-corrected chi connectivity index (χ2v) is 10.0. The number of hydrogen-bond acceptors (Lipinski definition) is 3. The van der Waals surface area contributed by atoms with Crippen LogP contribution in [0, 0.1) is 0 Å².